The zero-order chi connectivity index (χ0) is 5.70. The highest BCUT2D eigenvalue weighted by molar-refractivity contribution is 6.13. The van der Waals surface area contributed by atoms with Gasteiger partial charge in [0.05, 0.1) is 0 Å². The third-order valence-electron chi connectivity index (χ3n) is 0.332. The van der Waals surface area contributed by atoms with Crippen LogP contribution < -0.4 is 0 Å². The zero-order valence-electron chi connectivity index (χ0n) is 3.48. The van der Waals surface area contributed by atoms with E-state index in [-0.39, 0.29) is 6.42 Å². The van der Waals surface area contributed by atoms with Gasteiger partial charge in [-0.05, 0) is 0 Å². The number of carbonyl (C=O) groups excluding carboxylic acids is 1. The Morgan fingerprint density at radius 1 is 2.00 bits per heavy atom. The summed E-state index contributed by atoms with van der Waals surface area (Å²) in [4.78, 5) is 9.92. The summed E-state index contributed by atoms with van der Waals surface area (Å²) >= 11 is 4.59. The summed E-state index contributed by atoms with van der Waals surface area (Å²) in [5.74, 6) is 1.47. The molecule has 0 aromatic carbocycles. The van der Waals surface area contributed by atoms with Crippen LogP contribution in [0.5, 0.6) is 0 Å². The molecule has 0 atom stereocenters. The van der Waals surface area contributed by atoms with E-state index in [0.29, 0.717) is 0 Å². The van der Waals surface area contributed by atoms with Crippen molar-refractivity contribution in [2.45, 2.75) is 6.42 Å². The average molecular weight is 119 g/mol. The Morgan fingerprint density at radius 3 is 2.71 bits per heavy atom. The van der Waals surface area contributed by atoms with Gasteiger partial charge in [-0.2, -0.15) is 0 Å². The number of halogens is 1. The molecule has 2 nitrogen and oxygen atoms in total. The second-order valence-electron chi connectivity index (χ2n) is 0.830. The van der Waals surface area contributed by atoms with Gasteiger partial charge in [0.2, 0.25) is 0 Å². The highest BCUT2D eigenvalue weighted by atomic mass is 35.5. The molecule has 0 aliphatic rings. The van der Waals surface area contributed by atoms with Crippen LogP contribution in [0.3, 0.4) is 0 Å². The number of terminal acetylenes is 1. The summed E-state index contributed by atoms with van der Waals surface area (Å²) in [7, 11) is 0. The third-order valence-corrected chi connectivity index (χ3v) is 0.505. The van der Waals surface area contributed by atoms with Gasteiger partial charge in [0, 0.05) is 0 Å². The van der Waals surface area contributed by atoms with Crippen molar-refractivity contribution in [2.24, 2.45) is 0 Å². The number of carbonyl (C=O) groups is 1. The van der Waals surface area contributed by atoms with Crippen LogP contribution in [0, 0.1) is 12.3 Å². The molecule has 0 aromatic rings. The van der Waals surface area contributed by atoms with E-state index in [1.807, 2.05) is 0 Å². The van der Waals surface area contributed by atoms with Crippen LogP contribution in [0.15, 0.2) is 0 Å². The van der Waals surface area contributed by atoms with Gasteiger partial charge in [-0.15, -0.1) is 6.42 Å². The second kappa shape index (κ2) is 3.51. The van der Waals surface area contributed by atoms with Crippen LogP contribution in [0.1, 0.15) is 6.42 Å². The summed E-state index contributed by atoms with van der Waals surface area (Å²) in [6.07, 6.45) is 4.63. The quantitative estimate of drug-likeness (QED) is 0.474. The maximum atomic E-state index is 9.92. The highest BCUT2D eigenvalue weighted by Crippen LogP contribution is 1.85. The normalized spacial score (nSPS) is 6.86. The van der Waals surface area contributed by atoms with Gasteiger partial charge in [-0.1, -0.05) is 5.92 Å². The van der Waals surface area contributed by atoms with E-state index < -0.39 is 5.97 Å². The third kappa shape index (κ3) is 3.14. The molecule has 3 heteroatoms. The van der Waals surface area contributed by atoms with E-state index in [2.05, 4.69) is 22.1 Å². The van der Waals surface area contributed by atoms with Crippen LogP contribution in [0.4, 0.5) is 0 Å². The average Bonchev–Trinajstić information content (AvgIpc) is 1.68. The molecule has 0 N–H and O–H groups in total. The second-order valence-corrected chi connectivity index (χ2v) is 0.984. The molecule has 7 heavy (non-hydrogen) atoms. The van der Waals surface area contributed by atoms with Crippen LogP contribution in [-0.4, -0.2) is 5.97 Å². The maximum absolute atomic E-state index is 9.92. The minimum Gasteiger partial charge on any atom is -0.347 e. The zero-order valence-corrected chi connectivity index (χ0v) is 4.23. The Balaban J connectivity index is 3.23. The van der Waals surface area contributed by atoms with E-state index in [4.69, 9.17) is 6.42 Å². The summed E-state index contributed by atoms with van der Waals surface area (Å²) in [6, 6.07) is 0. The lowest BCUT2D eigenvalue weighted by atomic mass is 10.5. The largest absolute Gasteiger partial charge is 0.347 e. The van der Waals surface area contributed by atoms with Gasteiger partial charge in [-0.3, -0.25) is 0 Å². The smallest absolute Gasteiger partial charge is 0.336 e. The Labute approximate surface area is 46.6 Å². The van der Waals surface area contributed by atoms with Crippen molar-refractivity contribution in [3.05, 3.63) is 0 Å². The van der Waals surface area contributed by atoms with Crippen molar-refractivity contribution in [3.63, 3.8) is 0 Å². The van der Waals surface area contributed by atoms with E-state index in [1.54, 1.807) is 0 Å². The molecule has 0 unspecified atom stereocenters. The standard InChI is InChI=1S/C4H3ClO2/c1-2-3-4(6)7-5/h1H,3H2. The lowest BCUT2D eigenvalue weighted by Gasteiger charge is -1.82. The van der Waals surface area contributed by atoms with Gasteiger partial charge in [0.25, 0.3) is 0 Å². The number of hydrogen-bond acceptors (Lipinski definition) is 2. The lowest BCUT2D eigenvalue weighted by Crippen LogP contribution is -1.92. The lowest BCUT2D eigenvalue weighted by molar-refractivity contribution is -0.132. The Hall–Kier alpha value is -0.680. The minimum atomic E-state index is -0.593. The van der Waals surface area contributed by atoms with Gasteiger partial charge in [0.1, 0.15) is 18.3 Å². The Bertz CT molecular complexity index is 103. The Kier molecular flexibility index (Phi) is 3.17. The van der Waals surface area contributed by atoms with Crippen molar-refractivity contribution in [1.82, 2.24) is 0 Å². The van der Waals surface area contributed by atoms with E-state index >= 15 is 0 Å². The summed E-state index contributed by atoms with van der Waals surface area (Å²) < 4.78 is 3.68. The summed E-state index contributed by atoms with van der Waals surface area (Å²) in [5.41, 5.74) is 0. The van der Waals surface area contributed by atoms with Gasteiger partial charge in [-0.25, -0.2) is 4.79 Å². The van der Waals surface area contributed by atoms with Crippen molar-refractivity contribution < 1.29 is 9.08 Å². The van der Waals surface area contributed by atoms with Crippen LogP contribution in [0.25, 0.3) is 0 Å². The maximum Gasteiger partial charge on any atom is 0.336 e. The Morgan fingerprint density at radius 2 is 2.57 bits per heavy atom. The molecule has 0 bridgehead atoms. The molecule has 38 valence electrons. The predicted molar refractivity (Wildman–Crippen MR) is 25.4 cm³/mol. The molecule has 0 saturated carbocycles. The molecule has 0 aliphatic carbocycles. The molecule has 0 spiro atoms. The first-order valence-corrected chi connectivity index (χ1v) is 1.87. The molecule has 0 rings (SSSR count). The van der Waals surface area contributed by atoms with E-state index in [9.17, 15) is 4.79 Å². The fraction of sp³-hybridized carbons (Fsp3) is 0.250. The molecule has 0 aromatic heterocycles. The number of rotatable bonds is 1. The van der Waals surface area contributed by atoms with Crippen molar-refractivity contribution in [2.75, 3.05) is 0 Å². The predicted octanol–water partition coefficient (Wildman–Crippen LogP) is 0.707. The fourth-order valence-corrected chi connectivity index (χ4v) is 0.165. The summed E-state index contributed by atoms with van der Waals surface area (Å²) in [5, 5.41) is 0. The van der Waals surface area contributed by atoms with Crippen molar-refractivity contribution >= 4 is 17.8 Å². The highest BCUT2D eigenvalue weighted by Gasteiger charge is 1.93. The van der Waals surface area contributed by atoms with Crippen LogP contribution >= 0.6 is 11.9 Å². The number of hydrogen-bond donors (Lipinski definition) is 0. The van der Waals surface area contributed by atoms with E-state index in [0.717, 1.165) is 0 Å². The molecule has 0 radical (unpaired) electrons. The van der Waals surface area contributed by atoms with Gasteiger partial charge >= 0.3 is 5.97 Å². The van der Waals surface area contributed by atoms with Gasteiger partial charge in [0.15, 0.2) is 0 Å². The summed E-state index contributed by atoms with van der Waals surface area (Å²) in [6.45, 7) is 0. The molecular weight excluding hydrogens is 115 g/mol. The van der Waals surface area contributed by atoms with Crippen molar-refractivity contribution in [1.29, 1.82) is 0 Å². The first kappa shape index (κ1) is 6.32. The SMILES string of the molecule is C#CCC(=O)OCl. The molecule has 0 amide bonds. The van der Waals surface area contributed by atoms with Crippen molar-refractivity contribution in [3.8, 4) is 12.3 Å². The molecule has 0 heterocycles. The van der Waals surface area contributed by atoms with Gasteiger partial charge < -0.3 is 4.29 Å². The first-order valence-electron chi connectivity index (χ1n) is 1.56. The van der Waals surface area contributed by atoms with Crippen LogP contribution in [-0.2, 0) is 9.08 Å². The molecule has 0 fully saturated rings. The topological polar surface area (TPSA) is 26.3 Å². The first-order chi connectivity index (χ1) is 3.31. The molecule has 0 saturated heterocycles. The van der Waals surface area contributed by atoms with Crippen LogP contribution in [0.2, 0.25) is 0 Å². The molecule has 0 aliphatic heterocycles. The van der Waals surface area contributed by atoms with E-state index in [1.165, 1.54) is 0 Å². The monoisotopic (exact) mass is 118 g/mol. The minimum absolute atomic E-state index is 0.0660. The molecular formula is C4H3ClO2. The fourth-order valence-electron chi connectivity index (χ4n) is 0.111.